The average Bonchev–Trinajstić information content (AvgIpc) is 2.59. The van der Waals surface area contributed by atoms with Crippen LogP contribution in [0.5, 0.6) is 11.5 Å². The highest BCUT2D eigenvalue weighted by molar-refractivity contribution is 6.10. The van der Waals surface area contributed by atoms with Gasteiger partial charge >= 0.3 is 0 Å². The first kappa shape index (κ1) is 16.8. The first-order valence-electron chi connectivity index (χ1n) is 7.24. The van der Waals surface area contributed by atoms with Gasteiger partial charge in [-0.3, -0.25) is 4.79 Å². The highest BCUT2D eigenvalue weighted by Gasteiger charge is 2.17. The molecule has 0 heterocycles. The topological polar surface area (TPSA) is 55.8 Å². The highest BCUT2D eigenvalue weighted by atomic mass is 16.5. The van der Waals surface area contributed by atoms with Crippen LogP contribution in [-0.2, 0) is 6.61 Å². The molecule has 0 radical (unpaired) electrons. The molecule has 1 N–H and O–H groups in total. The predicted molar refractivity (Wildman–Crippen MR) is 90.0 cm³/mol. The van der Waals surface area contributed by atoms with E-state index in [1.165, 1.54) is 20.3 Å². The fraction of sp³-hybridized carbons (Fsp3) is 0.211. The van der Waals surface area contributed by atoms with Gasteiger partial charge in [-0.25, -0.2) is 0 Å². The Kier molecular flexibility index (Phi) is 5.55. The molecule has 0 amide bonds. The van der Waals surface area contributed by atoms with Gasteiger partial charge in [-0.05, 0) is 36.3 Å². The lowest BCUT2D eigenvalue weighted by molar-refractivity contribution is 0.104. The van der Waals surface area contributed by atoms with E-state index in [0.29, 0.717) is 22.6 Å². The minimum absolute atomic E-state index is 0.152. The van der Waals surface area contributed by atoms with Gasteiger partial charge in [0.15, 0.2) is 5.78 Å². The summed E-state index contributed by atoms with van der Waals surface area (Å²) in [5.74, 6) is 0.544. The quantitative estimate of drug-likeness (QED) is 0.656. The van der Waals surface area contributed by atoms with Gasteiger partial charge in [0, 0.05) is 0 Å². The summed E-state index contributed by atoms with van der Waals surface area (Å²) in [6.07, 6.45) is 3.24. The molecule has 23 heavy (non-hydrogen) atoms. The van der Waals surface area contributed by atoms with E-state index in [1.54, 1.807) is 18.2 Å². The van der Waals surface area contributed by atoms with Crippen LogP contribution >= 0.6 is 0 Å². The maximum atomic E-state index is 12.5. The molecular formula is C19H20O4. The van der Waals surface area contributed by atoms with Crippen LogP contribution in [0.3, 0.4) is 0 Å². The number of aliphatic hydroxyl groups is 1. The summed E-state index contributed by atoms with van der Waals surface area (Å²) in [6, 6.07) is 11.1. The molecule has 0 saturated carbocycles. The van der Waals surface area contributed by atoms with Crippen molar-refractivity contribution in [2.45, 2.75) is 13.5 Å². The lowest BCUT2D eigenvalue weighted by atomic mass is 10.0. The zero-order valence-electron chi connectivity index (χ0n) is 13.5. The Morgan fingerprint density at radius 2 is 1.65 bits per heavy atom. The molecular weight excluding hydrogens is 292 g/mol. The summed E-state index contributed by atoms with van der Waals surface area (Å²) in [5, 5.41) is 9.27. The van der Waals surface area contributed by atoms with Gasteiger partial charge in [-0.15, -0.1) is 0 Å². The summed E-state index contributed by atoms with van der Waals surface area (Å²) < 4.78 is 10.5. The largest absolute Gasteiger partial charge is 0.496 e. The number of methoxy groups -OCH3 is 2. The molecule has 0 atom stereocenters. The van der Waals surface area contributed by atoms with Crippen molar-refractivity contribution >= 4 is 11.9 Å². The zero-order chi connectivity index (χ0) is 16.8. The van der Waals surface area contributed by atoms with E-state index in [0.717, 1.165) is 11.1 Å². The molecule has 0 unspecified atom stereocenters. The smallest absolute Gasteiger partial charge is 0.193 e. The number of benzene rings is 2. The first-order valence-corrected chi connectivity index (χ1v) is 7.24. The summed E-state index contributed by atoms with van der Waals surface area (Å²) in [5.41, 5.74) is 3.07. The molecule has 0 bridgehead atoms. The Morgan fingerprint density at radius 1 is 1.09 bits per heavy atom. The Hall–Kier alpha value is -2.59. The fourth-order valence-electron chi connectivity index (χ4n) is 2.23. The maximum absolute atomic E-state index is 12.5. The van der Waals surface area contributed by atoms with Gasteiger partial charge in [0.2, 0.25) is 0 Å². The van der Waals surface area contributed by atoms with E-state index >= 15 is 0 Å². The van der Waals surface area contributed by atoms with Crippen molar-refractivity contribution in [2.24, 2.45) is 0 Å². The van der Waals surface area contributed by atoms with E-state index < -0.39 is 0 Å². The van der Waals surface area contributed by atoms with Crippen molar-refractivity contribution in [1.82, 2.24) is 0 Å². The van der Waals surface area contributed by atoms with Gasteiger partial charge < -0.3 is 14.6 Å². The van der Waals surface area contributed by atoms with Crippen molar-refractivity contribution in [3.63, 3.8) is 0 Å². The maximum Gasteiger partial charge on any atom is 0.193 e. The number of rotatable bonds is 6. The minimum atomic E-state index is -0.219. The van der Waals surface area contributed by atoms with Gasteiger partial charge in [0.25, 0.3) is 0 Å². The van der Waals surface area contributed by atoms with Gasteiger partial charge in [-0.1, -0.05) is 35.9 Å². The van der Waals surface area contributed by atoms with E-state index in [2.05, 4.69) is 0 Å². The lowest BCUT2D eigenvalue weighted by Gasteiger charge is -2.12. The molecule has 4 heteroatoms. The lowest BCUT2D eigenvalue weighted by Crippen LogP contribution is -2.04. The van der Waals surface area contributed by atoms with Crippen LogP contribution in [0.25, 0.3) is 6.08 Å². The van der Waals surface area contributed by atoms with Crippen molar-refractivity contribution in [3.8, 4) is 11.5 Å². The second-order valence-corrected chi connectivity index (χ2v) is 5.14. The van der Waals surface area contributed by atoms with Gasteiger partial charge in [0.1, 0.15) is 17.1 Å². The normalized spacial score (nSPS) is 10.8. The second kappa shape index (κ2) is 7.61. The number of aryl methyl sites for hydroxylation is 1. The molecule has 0 aromatic heterocycles. The number of carbonyl (C=O) groups is 1. The standard InChI is InChI=1S/C19H20O4/c1-13-4-6-14(7-5-13)8-9-16(21)19-17(22-2)10-15(12-20)11-18(19)23-3/h4-11,20H,12H2,1-3H3/b9-8+. The first-order chi connectivity index (χ1) is 11.1. The van der Waals surface area contributed by atoms with E-state index in [-0.39, 0.29) is 12.4 Å². The number of allylic oxidation sites excluding steroid dienone is 1. The monoisotopic (exact) mass is 312 g/mol. The van der Waals surface area contributed by atoms with Crippen molar-refractivity contribution in [3.05, 3.63) is 64.7 Å². The third kappa shape index (κ3) is 3.99. The molecule has 0 fully saturated rings. The van der Waals surface area contributed by atoms with Crippen LogP contribution in [0.1, 0.15) is 27.0 Å². The molecule has 0 spiro atoms. The Bertz CT molecular complexity index is 690. The summed E-state index contributed by atoms with van der Waals surface area (Å²) >= 11 is 0. The highest BCUT2D eigenvalue weighted by Crippen LogP contribution is 2.31. The number of aliphatic hydroxyl groups excluding tert-OH is 1. The number of hydrogen-bond donors (Lipinski definition) is 1. The summed E-state index contributed by atoms with van der Waals surface area (Å²) in [4.78, 5) is 12.5. The molecule has 120 valence electrons. The van der Waals surface area contributed by atoms with Gasteiger partial charge in [-0.2, -0.15) is 0 Å². The predicted octanol–water partition coefficient (Wildman–Crippen LogP) is 3.40. The number of ether oxygens (including phenoxy) is 2. The summed E-state index contributed by atoms with van der Waals surface area (Å²) in [7, 11) is 2.97. The third-order valence-corrected chi connectivity index (χ3v) is 3.50. The Morgan fingerprint density at radius 3 is 2.13 bits per heavy atom. The van der Waals surface area contributed by atoms with E-state index in [9.17, 15) is 9.90 Å². The molecule has 4 nitrogen and oxygen atoms in total. The number of carbonyl (C=O) groups excluding carboxylic acids is 1. The number of ketones is 1. The van der Waals surface area contributed by atoms with Crippen LogP contribution in [0.4, 0.5) is 0 Å². The van der Waals surface area contributed by atoms with E-state index in [1.807, 2.05) is 31.2 Å². The Labute approximate surface area is 136 Å². The number of hydrogen-bond acceptors (Lipinski definition) is 4. The Balaban J connectivity index is 2.36. The minimum Gasteiger partial charge on any atom is -0.496 e. The van der Waals surface area contributed by atoms with Crippen LogP contribution in [-0.4, -0.2) is 25.1 Å². The molecule has 0 saturated heterocycles. The fourth-order valence-corrected chi connectivity index (χ4v) is 2.23. The summed E-state index contributed by atoms with van der Waals surface area (Å²) in [6.45, 7) is 1.86. The zero-order valence-corrected chi connectivity index (χ0v) is 13.5. The molecule has 0 aliphatic carbocycles. The average molecular weight is 312 g/mol. The van der Waals surface area contributed by atoms with Crippen LogP contribution in [0, 0.1) is 6.92 Å². The van der Waals surface area contributed by atoms with Crippen molar-refractivity contribution < 1.29 is 19.4 Å². The molecule has 0 aliphatic rings. The third-order valence-electron chi connectivity index (χ3n) is 3.50. The molecule has 2 rings (SSSR count). The van der Waals surface area contributed by atoms with Crippen LogP contribution < -0.4 is 9.47 Å². The van der Waals surface area contributed by atoms with Crippen molar-refractivity contribution in [1.29, 1.82) is 0 Å². The van der Waals surface area contributed by atoms with E-state index in [4.69, 9.17) is 9.47 Å². The SMILES string of the molecule is COc1cc(CO)cc(OC)c1C(=O)/C=C/c1ccc(C)cc1. The van der Waals surface area contributed by atoms with Gasteiger partial charge in [0.05, 0.1) is 20.8 Å². The van der Waals surface area contributed by atoms with Crippen LogP contribution in [0.15, 0.2) is 42.5 Å². The molecule has 2 aromatic carbocycles. The second-order valence-electron chi connectivity index (χ2n) is 5.14. The van der Waals surface area contributed by atoms with Crippen LogP contribution in [0.2, 0.25) is 0 Å². The molecule has 2 aromatic rings. The molecule has 0 aliphatic heterocycles. The van der Waals surface area contributed by atoms with Crippen molar-refractivity contribution in [2.75, 3.05) is 14.2 Å².